The minimum absolute atomic E-state index is 0.0569. The van der Waals surface area contributed by atoms with Crippen molar-refractivity contribution in [2.24, 2.45) is 5.92 Å². The third-order valence-electron chi connectivity index (χ3n) is 4.98. The molecular formula is C16H30N4O3. The minimum Gasteiger partial charge on any atom is -0.391 e. The fourth-order valence-corrected chi connectivity index (χ4v) is 3.33. The Morgan fingerprint density at radius 3 is 2.39 bits per heavy atom. The van der Waals surface area contributed by atoms with Crippen molar-refractivity contribution < 1.29 is 14.7 Å². The third-order valence-corrected chi connectivity index (χ3v) is 4.98. The van der Waals surface area contributed by atoms with Gasteiger partial charge in [-0.3, -0.25) is 19.4 Å². The lowest BCUT2D eigenvalue weighted by Crippen LogP contribution is -2.51. The maximum absolute atomic E-state index is 12.4. The quantitative estimate of drug-likeness (QED) is 0.675. The second kappa shape index (κ2) is 8.08. The highest BCUT2D eigenvalue weighted by atomic mass is 16.3. The summed E-state index contributed by atoms with van der Waals surface area (Å²) in [5.41, 5.74) is 0. The third kappa shape index (κ3) is 4.89. The fraction of sp³-hybridized carbons (Fsp3) is 0.875. The average Bonchev–Trinajstić information content (AvgIpc) is 2.88. The minimum atomic E-state index is -0.603. The highest BCUT2D eigenvalue weighted by molar-refractivity contribution is 5.79. The zero-order chi connectivity index (χ0) is 17.0. The number of rotatable bonds is 5. The standard InChI is InChI=1S/C16H30N4O3/c1-12(2)19-6-4-18(5-7-19)11-16(23)20-9-13(14(21)10-20)8-15(22)17-3/h12-14,21H,4-11H2,1-3H3,(H,17,22)/t13-,14+/m1/s1. The van der Waals surface area contributed by atoms with Gasteiger partial charge in [-0.1, -0.05) is 0 Å². The molecule has 2 heterocycles. The number of nitrogens with zero attached hydrogens (tertiary/aromatic N) is 3. The van der Waals surface area contributed by atoms with Crippen LogP contribution in [0.5, 0.6) is 0 Å². The summed E-state index contributed by atoms with van der Waals surface area (Å²) >= 11 is 0. The van der Waals surface area contributed by atoms with Crippen molar-refractivity contribution in [3.63, 3.8) is 0 Å². The number of aliphatic hydroxyl groups is 1. The van der Waals surface area contributed by atoms with Crippen LogP contribution in [0.1, 0.15) is 20.3 Å². The normalized spacial score (nSPS) is 26.7. The Hall–Kier alpha value is -1.18. The molecule has 0 bridgehead atoms. The number of hydrogen-bond acceptors (Lipinski definition) is 5. The van der Waals surface area contributed by atoms with Crippen LogP contribution in [0.25, 0.3) is 0 Å². The average molecular weight is 326 g/mol. The number of likely N-dealkylation sites (tertiary alicyclic amines) is 1. The highest BCUT2D eigenvalue weighted by Gasteiger charge is 2.35. The van der Waals surface area contributed by atoms with Gasteiger partial charge < -0.3 is 15.3 Å². The molecule has 0 aromatic rings. The van der Waals surface area contributed by atoms with Crippen LogP contribution in [0.15, 0.2) is 0 Å². The van der Waals surface area contributed by atoms with Gasteiger partial charge in [-0.2, -0.15) is 0 Å². The number of hydrogen-bond donors (Lipinski definition) is 2. The molecule has 2 aliphatic rings. The molecule has 0 saturated carbocycles. The summed E-state index contributed by atoms with van der Waals surface area (Å²) in [7, 11) is 1.59. The molecule has 0 aromatic carbocycles. The zero-order valence-electron chi connectivity index (χ0n) is 14.5. The molecule has 2 amide bonds. The zero-order valence-corrected chi connectivity index (χ0v) is 14.5. The molecule has 0 radical (unpaired) electrons. The van der Waals surface area contributed by atoms with Crippen molar-refractivity contribution in [1.82, 2.24) is 20.0 Å². The summed E-state index contributed by atoms with van der Waals surface area (Å²) in [6.45, 7) is 9.40. The largest absolute Gasteiger partial charge is 0.391 e. The molecule has 7 nitrogen and oxygen atoms in total. The number of β-amino-alcohol motifs (C(OH)–C–C–N with tert-alkyl or cyclic N) is 1. The molecule has 23 heavy (non-hydrogen) atoms. The molecule has 2 rings (SSSR count). The number of carbonyl (C=O) groups is 2. The van der Waals surface area contributed by atoms with Crippen molar-refractivity contribution in [1.29, 1.82) is 0 Å². The van der Waals surface area contributed by atoms with E-state index >= 15 is 0 Å². The first-order valence-corrected chi connectivity index (χ1v) is 8.53. The molecule has 7 heteroatoms. The van der Waals surface area contributed by atoms with E-state index in [1.807, 2.05) is 0 Å². The molecule has 2 aliphatic heterocycles. The van der Waals surface area contributed by atoms with E-state index in [0.717, 1.165) is 26.2 Å². The van der Waals surface area contributed by atoms with Gasteiger partial charge in [-0.15, -0.1) is 0 Å². The predicted octanol–water partition coefficient (Wildman–Crippen LogP) is -1.03. The number of aliphatic hydroxyl groups excluding tert-OH is 1. The molecule has 0 aromatic heterocycles. The second-order valence-electron chi connectivity index (χ2n) is 6.91. The molecule has 2 N–H and O–H groups in total. The Kier molecular flexibility index (Phi) is 6.38. The molecule has 0 spiro atoms. The Morgan fingerprint density at radius 1 is 1.17 bits per heavy atom. The molecule has 132 valence electrons. The monoisotopic (exact) mass is 326 g/mol. The SMILES string of the molecule is CNC(=O)C[C@@H]1CN(C(=O)CN2CCN(C(C)C)CC2)C[C@@H]1O. The van der Waals surface area contributed by atoms with Gasteiger partial charge in [-0.25, -0.2) is 0 Å². The van der Waals surface area contributed by atoms with Crippen LogP contribution in [0.3, 0.4) is 0 Å². The molecule has 2 fully saturated rings. The van der Waals surface area contributed by atoms with Crippen molar-refractivity contribution in [3.8, 4) is 0 Å². The van der Waals surface area contributed by atoms with E-state index in [1.54, 1.807) is 11.9 Å². The van der Waals surface area contributed by atoms with E-state index in [4.69, 9.17) is 0 Å². The van der Waals surface area contributed by atoms with Crippen LogP contribution in [0, 0.1) is 5.92 Å². The van der Waals surface area contributed by atoms with E-state index in [1.165, 1.54) is 0 Å². The second-order valence-corrected chi connectivity index (χ2v) is 6.91. The lowest BCUT2D eigenvalue weighted by atomic mass is 10.0. The van der Waals surface area contributed by atoms with E-state index in [9.17, 15) is 14.7 Å². The molecule has 0 aliphatic carbocycles. The van der Waals surface area contributed by atoms with Gasteiger partial charge in [-0.05, 0) is 13.8 Å². The summed E-state index contributed by atoms with van der Waals surface area (Å²) in [6.07, 6.45) is -0.330. The molecular weight excluding hydrogens is 296 g/mol. The van der Waals surface area contributed by atoms with Crippen LogP contribution in [-0.2, 0) is 9.59 Å². The molecule has 2 saturated heterocycles. The van der Waals surface area contributed by atoms with Gasteiger partial charge in [0.15, 0.2) is 0 Å². The summed E-state index contributed by atoms with van der Waals surface area (Å²) in [4.78, 5) is 30.2. The highest BCUT2D eigenvalue weighted by Crippen LogP contribution is 2.20. The van der Waals surface area contributed by atoms with Crippen LogP contribution in [0.2, 0.25) is 0 Å². The summed E-state index contributed by atoms with van der Waals surface area (Å²) in [5, 5.41) is 12.6. The van der Waals surface area contributed by atoms with Crippen molar-refractivity contribution in [2.45, 2.75) is 32.4 Å². The van der Waals surface area contributed by atoms with E-state index < -0.39 is 6.10 Å². The number of piperazine rings is 1. The van der Waals surface area contributed by atoms with Crippen LogP contribution in [-0.4, -0.2) is 96.6 Å². The maximum atomic E-state index is 12.4. The van der Waals surface area contributed by atoms with Gasteiger partial charge in [0.2, 0.25) is 11.8 Å². The van der Waals surface area contributed by atoms with Gasteiger partial charge in [0.25, 0.3) is 0 Å². The number of amides is 2. The number of carbonyl (C=O) groups excluding carboxylic acids is 2. The Balaban J connectivity index is 1.77. The van der Waals surface area contributed by atoms with Gasteiger partial charge in [0.05, 0.1) is 12.6 Å². The topological polar surface area (TPSA) is 76.1 Å². The van der Waals surface area contributed by atoms with Crippen LogP contribution >= 0.6 is 0 Å². The summed E-state index contributed by atoms with van der Waals surface area (Å²) < 4.78 is 0. The lowest BCUT2D eigenvalue weighted by molar-refractivity contribution is -0.132. The Morgan fingerprint density at radius 2 is 1.83 bits per heavy atom. The first-order valence-electron chi connectivity index (χ1n) is 8.53. The van der Waals surface area contributed by atoms with Gasteiger partial charge in [0, 0.05) is 64.7 Å². The Labute approximate surface area is 138 Å². The first-order chi connectivity index (χ1) is 10.9. The smallest absolute Gasteiger partial charge is 0.236 e. The fourth-order valence-electron chi connectivity index (χ4n) is 3.33. The van der Waals surface area contributed by atoms with Gasteiger partial charge >= 0.3 is 0 Å². The van der Waals surface area contributed by atoms with Crippen LogP contribution < -0.4 is 5.32 Å². The van der Waals surface area contributed by atoms with E-state index in [0.29, 0.717) is 25.7 Å². The molecule has 0 unspecified atom stereocenters. The van der Waals surface area contributed by atoms with E-state index in [-0.39, 0.29) is 24.2 Å². The predicted molar refractivity (Wildman–Crippen MR) is 87.9 cm³/mol. The van der Waals surface area contributed by atoms with E-state index in [2.05, 4.69) is 29.0 Å². The van der Waals surface area contributed by atoms with Gasteiger partial charge in [0.1, 0.15) is 0 Å². The molecule has 2 atom stereocenters. The van der Waals surface area contributed by atoms with Crippen molar-refractivity contribution in [2.75, 3.05) is 52.9 Å². The lowest BCUT2D eigenvalue weighted by Gasteiger charge is -2.37. The first kappa shape index (κ1) is 18.2. The Bertz CT molecular complexity index is 422. The summed E-state index contributed by atoms with van der Waals surface area (Å²) in [5.74, 6) is -0.189. The maximum Gasteiger partial charge on any atom is 0.236 e. The van der Waals surface area contributed by atoms with Crippen molar-refractivity contribution in [3.05, 3.63) is 0 Å². The summed E-state index contributed by atoms with van der Waals surface area (Å²) in [6, 6.07) is 0.548. The van der Waals surface area contributed by atoms with Crippen molar-refractivity contribution >= 4 is 11.8 Å². The number of nitrogens with one attached hydrogen (secondary N) is 1. The van der Waals surface area contributed by atoms with Crippen LogP contribution in [0.4, 0.5) is 0 Å².